The van der Waals surface area contributed by atoms with Crippen molar-refractivity contribution in [1.29, 1.82) is 0 Å². The van der Waals surface area contributed by atoms with Gasteiger partial charge in [0.2, 0.25) is 5.60 Å². The van der Waals surface area contributed by atoms with Crippen LogP contribution in [0.4, 0.5) is 18.9 Å². The molecule has 13 heteroatoms. The number of aliphatic hydroxyl groups is 1. The molecule has 2 aromatic carbocycles. The maximum atomic E-state index is 12.7. The summed E-state index contributed by atoms with van der Waals surface area (Å²) in [5.41, 5.74) is -3.97. The summed E-state index contributed by atoms with van der Waals surface area (Å²) in [7, 11) is -4.37. The van der Waals surface area contributed by atoms with Crippen LogP contribution in [0, 0.1) is 3.57 Å². The molecular formula is C17H13ClF3IN2O5S. The van der Waals surface area contributed by atoms with Crippen molar-refractivity contribution in [2.24, 2.45) is 0 Å². The average Bonchev–Trinajstić information content (AvgIpc) is 2.61. The van der Waals surface area contributed by atoms with E-state index in [1.165, 1.54) is 12.1 Å². The number of benzene rings is 2. The van der Waals surface area contributed by atoms with E-state index in [0.717, 1.165) is 18.2 Å². The van der Waals surface area contributed by atoms with Gasteiger partial charge in [-0.1, -0.05) is 17.7 Å². The van der Waals surface area contributed by atoms with Gasteiger partial charge in [-0.3, -0.25) is 9.59 Å². The highest BCUT2D eigenvalue weighted by Gasteiger charge is 2.55. The number of sulfonamides is 1. The summed E-state index contributed by atoms with van der Waals surface area (Å²) >= 11 is 7.81. The summed E-state index contributed by atoms with van der Waals surface area (Å²) in [5, 5.41) is 10.7. The molecule has 1 atom stereocenters. The van der Waals surface area contributed by atoms with Gasteiger partial charge in [0, 0.05) is 9.13 Å². The second-order valence-electron chi connectivity index (χ2n) is 6.11. The van der Waals surface area contributed by atoms with Crippen LogP contribution >= 0.6 is 34.2 Å². The van der Waals surface area contributed by atoms with Gasteiger partial charge >= 0.3 is 6.18 Å². The predicted octanol–water partition coefficient (Wildman–Crippen LogP) is 3.32. The van der Waals surface area contributed by atoms with Crippen LogP contribution in [0.1, 0.15) is 17.3 Å². The highest BCUT2D eigenvalue weighted by molar-refractivity contribution is 14.1. The largest absolute Gasteiger partial charge is 0.426 e. The van der Waals surface area contributed by atoms with Crippen LogP contribution in [-0.2, 0) is 14.8 Å². The predicted molar refractivity (Wildman–Crippen MR) is 111 cm³/mol. The number of rotatable bonds is 5. The quantitative estimate of drug-likeness (QED) is 0.473. The second-order valence-corrected chi connectivity index (χ2v) is 9.45. The van der Waals surface area contributed by atoms with E-state index in [1.54, 1.807) is 17.4 Å². The minimum Gasteiger partial charge on any atom is -0.373 e. The summed E-state index contributed by atoms with van der Waals surface area (Å²) in [6.45, 7) is 0.259. The number of carbonyl (C=O) groups excluding carboxylic acids is 2. The molecule has 0 aliphatic carbocycles. The van der Waals surface area contributed by atoms with Gasteiger partial charge in [-0.05, 0) is 65.9 Å². The Bertz CT molecular complexity index is 1110. The summed E-state index contributed by atoms with van der Waals surface area (Å²) in [6, 6.07) is 8.83. The molecule has 0 spiro atoms. The van der Waals surface area contributed by atoms with Crippen LogP contribution in [0.3, 0.4) is 0 Å². The van der Waals surface area contributed by atoms with Crippen molar-refractivity contribution in [3.8, 4) is 0 Å². The van der Waals surface area contributed by atoms with Crippen molar-refractivity contribution < 1.29 is 36.3 Å². The lowest BCUT2D eigenvalue weighted by Crippen LogP contribution is -2.52. The smallest absolute Gasteiger partial charge is 0.373 e. The SMILES string of the molecule is C[C@@](O)(C(=O)Nc1ccc(S(=O)(=O)NC(=O)c2cccc(I)c2)cc1Cl)C(F)(F)F. The Labute approximate surface area is 187 Å². The molecule has 0 fully saturated rings. The van der Waals surface area contributed by atoms with E-state index in [0.29, 0.717) is 3.57 Å². The van der Waals surface area contributed by atoms with Crippen LogP contribution in [0.5, 0.6) is 0 Å². The maximum Gasteiger partial charge on any atom is 0.426 e. The van der Waals surface area contributed by atoms with Crippen LogP contribution < -0.4 is 10.0 Å². The van der Waals surface area contributed by atoms with Gasteiger partial charge in [-0.15, -0.1) is 0 Å². The molecule has 162 valence electrons. The third-order valence-corrected chi connectivity index (χ3v) is 6.12. The zero-order valence-electron chi connectivity index (χ0n) is 14.9. The number of carbonyl (C=O) groups is 2. The molecule has 30 heavy (non-hydrogen) atoms. The third-order valence-electron chi connectivity index (χ3n) is 3.81. The molecule has 2 amide bonds. The van der Waals surface area contributed by atoms with E-state index >= 15 is 0 Å². The molecule has 0 bridgehead atoms. The minimum absolute atomic E-state index is 0.0924. The molecule has 0 radical (unpaired) electrons. The highest BCUT2D eigenvalue weighted by atomic mass is 127. The van der Waals surface area contributed by atoms with Crippen molar-refractivity contribution in [3.63, 3.8) is 0 Å². The zero-order valence-corrected chi connectivity index (χ0v) is 18.6. The highest BCUT2D eigenvalue weighted by Crippen LogP contribution is 2.32. The van der Waals surface area contributed by atoms with Crippen molar-refractivity contribution >= 4 is 61.7 Å². The Hall–Kier alpha value is -1.90. The van der Waals surface area contributed by atoms with Crippen LogP contribution in [0.15, 0.2) is 47.4 Å². The fourth-order valence-electron chi connectivity index (χ4n) is 2.01. The Morgan fingerprint density at radius 3 is 2.30 bits per heavy atom. The first-order chi connectivity index (χ1) is 13.6. The lowest BCUT2D eigenvalue weighted by molar-refractivity contribution is -0.242. The number of anilines is 1. The lowest BCUT2D eigenvalue weighted by Gasteiger charge is -2.25. The summed E-state index contributed by atoms with van der Waals surface area (Å²) in [5.74, 6) is -2.71. The topological polar surface area (TPSA) is 113 Å². The standard InChI is InChI=1S/C17H13ClF3IN2O5S/c1-16(27,17(19,20)21)15(26)23-13-6-5-11(8-12(13)18)30(28,29)24-14(25)9-3-2-4-10(22)7-9/h2-8,27H,1H3,(H,23,26)(H,24,25)/t16-/m1/s1. The van der Waals surface area contributed by atoms with Crippen molar-refractivity contribution in [2.45, 2.75) is 23.6 Å². The van der Waals surface area contributed by atoms with Gasteiger partial charge in [0.1, 0.15) is 0 Å². The summed E-state index contributed by atoms with van der Waals surface area (Å²) < 4.78 is 65.6. The Kier molecular flexibility index (Phi) is 7.06. The van der Waals surface area contributed by atoms with Crippen molar-refractivity contribution in [3.05, 3.63) is 56.6 Å². The number of amides is 2. The van der Waals surface area contributed by atoms with Crippen LogP contribution in [-0.4, -0.2) is 37.1 Å². The Balaban J connectivity index is 2.23. The second kappa shape index (κ2) is 8.69. The zero-order chi connectivity index (χ0) is 22.9. The molecule has 0 unspecified atom stereocenters. The van der Waals surface area contributed by atoms with Crippen molar-refractivity contribution in [1.82, 2.24) is 4.72 Å². The molecule has 0 saturated carbocycles. The first kappa shape index (κ1) is 24.4. The van der Waals surface area contributed by atoms with Gasteiger partial charge < -0.3 is 10.4 Å². The summed E-state index contributed by atoms with van der Waals surface area (Å²) in [4.78, 5) is 23.4. The normalized spacial score (nSPS) is 14.0. The number of alkyl halides is 3. The molecule has 0 heterocycles. The number of hydrogen-bond donors (Lipinski definition) is 3. The summed E-state index contributed by atoms with van der Waals surface area (Å²) in [6.07, 6.45) is -5.24. The van der Waals surface area contributed by atoms with E-state index in [4.69, 9.17) is 11.6 Å². The maximum absolute atomic E-state index is 12.7. The van der Waals surface area contributed by atoms with Gasteiger partial charge in [0.25, 0.3) is 21.8 Å². The fourth-order valence-corrected chi connectivity index (χ4v) is 3.84. The lowest BCUT2D eigenvalue weighted by atomic mass is 10.1. The molecule has 0 aliphatic rings. The van der Waals surface area contributed by atoms with E-state index in [2.05, 4.69) is 0 Å². The van der Waals surface area contributed by atoms with Gasteiger partial charge in [-0.25, -0.2) is 13.1 Å². The van der Waals surface area contributed by atoms with Gasteiger partial charge in [0.15, 0.2) is 0 Å². The molecule has 2 rings (SSSR count). The number of halogens is 5. The van der Waals surface area contributed by atoms with E-state index < -0.39 is 43.5 Å². The molecular weight excluding hydrogens is 564 g/mol. The third kappa shape index (κ3) is 5.42. The first-order valence-electron chi connectivity index (χ1n) is 7.88. The van der Waals surface area contributed by atoms with E-state index in [1.807, 2.05) is 27.3 Å². The molecule has 7 nitrogen and oxygen atoms in total. The van der Waals surface area contributed by atoms with Gasteiger partial charge in [0.05, 0.1) is 15.6 Å². The van der Waals surface area contributed by atoms with Crippen molar-refractivity contribution in [2.75, 3.05) is 5.32 Å². The van der Waals surface area contributed by atoms with Crippen LogP contribution in [0.25, 0.3) is 0 Å². The minimum atomic E-state index is -5.24. The molecule has 0 aliphatic heterocycles. The molecule has 2 aromatic rings. The molecule has 0 saturated heterocycles. The average molecular weight is 577 g/mol. The Morgan fingerprint density at radius 1 is 1.13 bits per heavy atom. The van der Waals surface area contributed by atoms with Crippen LogP contribution in [0.2, 0.25) is 5.02 Å². The first-order valence-corrected chi connectivity index (χ1v) is 10.8. The monoisotopic (exact) mass is 576 g/mol. The number of hydrogen-bond acceptors (Lipinski definition) is 5. The molecule has 0 aromatic heterocycles. The van der Waals surface area contributed by atoms with E-state index in [9.17, 15) is 36.3 Å². The Morgan fingerprint density at radius 2 is 1.77 bits per heavy atom. The van der Waals surface area contributed by atoms with Gasteiger partial charge in [-0.2, -0.15) is 13.2 Å². The number of nitrogens with one attached hydrogen (secondary N) is 2. The molecule has 3 N–H and O–H groups in total. The van der Waals surface area contributed by atoms with E-state index in [-0.39, 0.29) is 18.2 Å². The fraction of sp³-hybridized carbons (Fsp3) is 0.176.